The number of anilines is 1. The van der Waals surface area contributed by atoms with Crippen molar-refractivity contribution in [3.05, 3.63) is 29.1 Å². The van der Waals surface area contributed by atoms with E-state index in [0.29, 0.717) is 38.0 Å². The Kier molecular flexibility index (Phi) is 6.66. The molecule has 10 nitrogen and oxygen atoms in total. The highest BCUT2D eigenvalue weighted by Gasteiger charge is 2.38. The van der Waals surface area contributed by atoms with Crippen molar-refractivity contribution < 1.29 is 22.3 Å². The van der Waals surface area contributed by atoms with Crippen LogP contribution in [0.15, 0.2) is 12.1 Å². The molecule has 3 rings (SSSR count). The number of carbonyl (C=O) groups excluding carboxylic acids is 1. The van der Waals surface area contributed by atoms with E-state index in [9.17, 15) is 18.5 Å². The van der Waals surface area contributed by atoms with E-state index >= 15 is 4.39 Å². The Balaban J connectivity index is 1.63. The van der Waals surface area contributed by atoms with Gasteiger partial charge in [0, 0.05) is 31.7 Å². The molecule has 4 N–H and O–H groups in total. The molecule has 1 amide bonds. The summed E-state index contributed by atoms with van der Waals surface area (Å²) in [6.07, 6.45) is 1.77. The molecule has 0 spiro atoms. The molecule has 0 aromatic heterocycles. The van der Waals surface area contributed by atoms with E-state index in [2.05, 4.69) is 0 Å². The van der Waals surface area contributed by atoms with E-state index < -0.39 is 27.9 Å². The summed E-state index contributed by atoms with van der Waals surface area (Å²) in [6, 6.07) is 4.87. The van der Waals surface area contributed by atoms with Gasteiger partial charge in [-0.3, -0.25) is 10.7 Å². The number of guanidine groups is 1. The number of sulfonamides is 1. The smallest absolute Gasteiger partial charge is 0.414 e. The largest absolute Gasteiger partial charge is 0.444 e. The zero-order valence-corrected chi connectivity index (χ0v) is 17.9. The number of nitrogens with two attached hydrogens (primary N) is 1. The molecule has 2 aliphatic rings. The number of halogens is 1. The molecule has 1 aromatic rings. The molecule has 31 heavy (non-hydrogen) atoms. The van der Waals surface area contributed by atoms with E-state index in [4.69, 9.17) is 15.9 Å². The maximum atomic E-state index is 15.1. The second-order valence-corrected chi connectivity index (χ2v) is 9.81. The molecule has 168 valence electrons. The predicted molar refractivity (Wildman–Crippen MR) is 111 cm³/mol. The van der Waals surface area contributed by atoms with Gasteiger partial charge in [0.2, 0.25) is 10.0 Å². The molecule has 2 aliphatic heterocycles. The first-order chi connectivity index (χ1) is 14.6. The summed E-state index contributed by atoms with van der Waals surface area (Å²) in [7, 11) is -3.18. The molecule has 0 atom stereocenters. The zero-order chi connectivity index (χ0) is 22.8. The van der Waals surface area contributed by atoms with Crippen LogP contribution in [0.3, 0.4) is 0 Å². The number of nitrogens with one attached hydrogen (secondary N) is 2. The van der Waals surface area contributed by atoms with Crippen LogP contribution in [0.1, 0.15) is 24.0 Å². The minimum absolute atomic E-state index is 0.109. The van der Waals surface area contributed by atoms with E-state index in [1.165, 1.54) is 22.7 Å². The van der Waals surface area contributed by atoms with Crippen LogP contribution in [-0.4, -0.2) is 57.2 Å². The summed E-state index contributed by atoms with van der Waals surface area (Å²) in [5.41, 5.74) is 5.53. The number of nitriles is 1. The lowest BCUT2D eigenvalue weighted by Crippen LogP contribution is -2.53. The van der Waals surface area contributed by atoms with Crippen LogP contribution in [-0.2, 0) is 21.4 Å². The van der Waals surface area contributed by atoms with Crippen molar-refractivity contribution in [1.29, 1.82) is 10.7 Å². The van der Waals surface area contributed by atoms with Gasteiger partial charge in [0.25, 0.3) is 0 Å². The fourth-order valence-electron chi connectivity index (χ4n) is 4.08. The average molecular weight is 453 g/mol. The van der Waals surface area contributed by atoms with Crippen LogP contribution in [0.4, 0.5) is 14.9 Å². The van der Waals surface area contributed by atoms with Gasteiger partial charge in [0.15, 0.2) is 11.8 Å². The van der Waals surface area contributed by atoms with E-state index in [1.54, 1.807) is 4.90 Å². The normalized spacial score (nSPS) is 18.2. The van der Waals surface area contributed by atoms with Crippen molar-refractivity contribution in [2.75, 3.05) is 37.3 Å². The second-order valence-electron chi connectivity index (χ2n) is 7.83. The van der Waals surface area contributed by atoms with Crippen molar-refractivity contribution in [3.8, 4) is 6.07 Å². The Bertz CT molecular complexity index is 1010. The number of hydrogen-bond acceptors (Lipinski definition) is 7. The number of alkyl carbamates (subject to hydrolysis) is 1. The van der Waals surface area contributed by atoms with Crippen LogP contribution in [0.5, 0.6) is 0 Å². The number of hydrogen-bond donors (Lipinski definition) is 3. The Morgan fingerprint density at radius 2 is 2.00 bits per heavy atom. The Hall–Kier alpha value is -2.91. The highest BCUT2D eigenvalue weighted by atomic mass is 32.2. The lowest BCUT2D eigenvalue weighted by molar-refractivity contribution is 0.143. The summed E-state index contributed by atoms with van der Waals surface area (Å²) in [5, 5.41) is 18.3. The van der Waals surface area contributed by atoms with Gasteiger partial charge >= 0.3 is 6.09 Å². The second kappa shape index (κ2) is 9.07. The van der Waals surface area contributed by atoms with E-state index in [1.807, 2.05) is 11.4 Å². The minimum atomic E-state index is -3.18. The van der Waals surface area contributed by atoms with E-state index in [0.717, 1.165) is 12.8 Å². The van der Waals surface area contributed by atoms with Crippen LogP contribution in [0.2, 0.25) is 0 Å². The van der Waals surface area contributed by atoms with Gasteiger partial charge < -0.3 is 15.4 Å². The molecule has 0 unspecified atom stereocenters. The third-order valence-electron chi connectivity index (χ3n) is 5.77. The first-order valence-electron chi connectivity index (χ1n) is 9.79. The summed E-state index contributed by atoms with van der Waals surface area (Å²) < 4.78 is 44.8. The first kappa shape index (κ1) is 22.8. The van der Waals surface area contributed by atoms with Crippen molar-refractivity contribution >= 4 is 27.8 Å². The van der Waals surface area contributed by atoms with Crippen LogP contribution < -0.4 is 16.0 Å². The van der Waals surface area contributed by atoms with Gasteiger partial charge in [-0.1, -0.05) is 6.07 Å². The molecule has 2 heterocycles. The molecule has 0 bridgehead atoms. The van der Waals surface area contributed by atoms with Crippen molar-refractivity contribution in [2.24, 2.45) is 17.6 Å². The SMILES string of the molecule is CS(=O)(=O)N1CCC(C2CN(c3c(C#N)ccc(COC(=O)NC(=N)N)c3F)C2)CC1. The number of ether oxygens (including phenoxy) is 1. The molecule has 2 fully saturated rings. The van der Waals surface area contributed by atoms with Gasteiger partial charge in [-0.2, -0.15) is 5.26 Å². The third kappa shape index (κ3) is 5.23. The highest BCUT2D eigenvalue weighted by Crippen LogP contribution is 2.38. The van der Waals surface area contributed by atoms with Crippen LogP contribution >= 0.6 is 0 Å². The van der Waals surface area contributed by atoms with Gasteiger partial charge in [0.1, 0.15) is 12.7 Å². The molecular formula is C19H25FN6O4S. The fraction of sp³-hybridized carbons (Fsp3) is 0.526. The summed E-state index contributed by atoms with van der Waals surface area (Å²) in [5.74, 6) is -0.557. The lowest BCUT2D eigenvalue weighted by Gasteiger charge is -2.47. The number of nitrogens with zero attached hydrogens (tertiary/aromatic N) is 3. The quantitative estimate of drug-likeness (QED) is 0.444. The van der Waals surface area contributed by atoms with Gasteiger partial charge in [-0.25, -0.2) is 21.9 Å². The molecule has 2 saturated heterocycles. The topological polar surface area (TPSA) is 153 Å². The Morgan fingerprint density at radius 3 is 2.55 bits per heavy atom. The maximum Gasteiger partial charge on any atom is 0.414 e. The number of amides is 1. The fourth-order valence-corrected chi connectivity index (χ4v) is 4.95. The summed E-state index contributed by atoms with van der Waals surface area (Å²) >= 11 is 0. The minimum Gasteiger partial charge on any atom is -0.444 e. The summed E-state index contributed by atoms with van der Waals surface area (Å²) in [6.45, 7) is 1.76. The van der Waals surface area contributed by atoms with Crippen molar-refractivity contribution in [1.82, 2.24) is 9.62 Å². The van der Waals surface area contributed by atoms with E-state index in [-0.39, 0.29) is 23.4 Å². The maximum absolute atomic E-state index is 15.1. The highest BCUT2D eigenvalue weighted by molar-refractivity contribution is 7.88. The third-order valence-corrected chi connectivity index (χ3v) is 7.08. The number of carbonyl (C=O) groups is 1. The molecule has 0 aliphatic carbocycles. The monoisotopic (exact) mass is 452 g/mol. The number of piperidine rings is 1. The standard InChI is InChI=1S/C19H25FN6O4S/c1-31(28,29)26-6-4-12(5-7-26)15-9-25(10-15)17-13(8-21)2-3-14(16(17)20)11-30-19(27)24-18(22)23/h2-3,12,15H,4-7,9-11H2,1H3,(H4,22,23,24,27). The average Bonchev–Trinajstić information content (AvgIpc) is 2.66. The zero-order valence-electron chi connectivity index (χ0n) is 17.1. The van der Waals surface area contributed by atoms with Gasteiger partial charge in [-0.05, 0) is 30.7 Å². The Morgan fingerprint density at radius 1 is 1.35 bits per heavy atom. The van der Waals surface area contributed by atoms with Crippen LogP contribution in [0.25, 0.3) is 0 Å². The number of rotatable bonds is 5. The molecule has 0 saturated carbocycles. The van der Waals surface area contributed by atoms with Crippen LogP contribution in [0, 0.1) is 34.4 Å². The number of benzene rings is 1. The van der Waals surface area contributed by atoms with Crippen molar-refractivity contribution in [2.45, 2.75) is 19.4 Å². The predicted octanol–water partition coefficient (Wildman–Crippen LogP) is 0.925. The summed E-state index contributed by atoms with van der Waals surface area (Å²) in [4.78, 5) is 13.3. The van der Waals surface area contributed by atoms with Gasteiger partial charge in [-0.15, -0.1) is 0 Å². The Labute approximate surface area is 180 Å². The lowest BCUT2D eigenvalue weighted by atomic mass is 9.79. The first-order valence-corrected chi connectivity index (χ1v) is 11.6. The van der Waals surface area contributed by atoms with Crippen molar-refractivity contribution in [3.63, 3.8) is 0 Å². The molecule has 1 aromatic carbocycles. The molecule has 0 radical (unpaired) electrons. The van der Waals surface area contributed by atoms with Gasteiger partial charge in [0.05, 0.1) is 17.5 Å². The molecular weight excluding hydrogens is 427 g/mol. The molecule has 12 heteroatoms.